The topological polar surface area (TPSA) is 24.1 Å². The van der Waals surface area contributed by atoms with E-state index in [4.69, 9.17) is 0 Å². The molecule has 0 aliphatic heterocycles. The Labute approximate surface area is 89.4 Å². The third kappa shape index (κ3) is 2.05. The molecule has 2 nitrogen and oxygen atoms in total. The SMILES string of the molecule is C[n+]1ccccc1[C@@H](O)c1ccccc1. The normalized spacial score (nSPS) is 12.4. The Bertz CT molecular complexity index is 439. The predicted molar refractivity (Wildman–Crippen MR) is 58.1 cm³/mol. The minimum atomic E-state index is -0.558. The summed E-state index contributed by atoms with van der Waals surface area (Å²) in [5.41, 5.74) is 1.81. The fraction of sp³-hybridized carbons (Fsp3) is 0.154. The Morgan fingerprint density at radius 2 is 1.67 bits per heavy atom. The average molecular weight is 200 g/mol. The smallest absolute Gasteiger partial charge is 0.214 e. The molecule has 1 N–H and O–H groups in total. The van der Waals surface area contributed by atoms with Crippen molar-refractivity contribution in [2.75, 3.05) is 0 Å². The molecular weight excluding hydrogens is 186 g/mol. The zero-order chi connectivity index (χ0) is 10.7. The highest BCUT2D eigenvalue weighted by Gasteiger charge is 2.17. The average Bonchev–Trinajstić information content (AvgIpc) is 2.30. The third-order valence-corrected chi connectivity index (χ3v) is 2.49. The number of aromatic nitrogens is 1. The lowest BCUT2D eigenvalue weighted by atomic mass is 10.1. The Kier molecular flexibility index (Phi) is 2.79. The summed E-state index contributed by atoms with van der Waals surface area (Å²) >= 11 is 0. The monoisotopic (exact) mass is 200 g/mol. The maximum atomic E-state index is 10.2. The van der Waals surface area contributed by atoms with Gasteiger partial charge in [-0.3, -0.25) is 0 Å². The highest BCUT2D eigenvalue weighted by Crippen LogP contribution is 2.17. The Morgan fingerprint density at radius 3 is 2.33 bits per heavy atom. The van der Waals surface area contributed by atoms with Crippen molar-refractivity contribution in [2.45, 2.75) is 6.10 Å². The number of pyridine rings is 1. The van der Waals surface area contributed by atoms with Crippen LogP contribution in [0.2, 0.25) is 0 Å². The predicted octanol–water partition coefficient (Wildman–Crippen LogP) is 1.59. The second kappa shape index (κ2) is 4.24. The lowest BCUT2D eigenvalue weighted by molar-refractivity contribution is -0.682. The van der Waals surface area contributed by atoms with Crippen molar-refractivity contribution in [1.29, 1.82) is 0 Å². The van der Waals surface area contributed by atoms with Gasteiger partial charge in [-0.1, -0.05) is 30.3 Å². The minimum Gasteiger partial charge on any atom is -0.377 e. The first-order chi connectivity index (χ1) is 7.29. The van der Waals surface area contributed by atoms with Crippen LogP contribution in [0.5, 0.6) is 0 Å². The van der Waals surface area contributed by atoms with E-state index in [1.165, 1.54) is 0 Å². The highest BCUT2D eigenvalue weighted by molar-refractivity contribution is 5.23. The molecule has 1 aromatic carbocycles. The number of nitrogens with zero attached hydrogens (tertiary/aromatic N) is 1. The molecule has 0 radical (unpaired) electrons. The van der Waals surface area contributed by atoms with E-state index in [1.807, 2.05) is 66.3 Å². The first-order valence-electron chi connectivity index (χ1n) is 4.96. The Hall–Kier alpha value is -1.67. The molecule has 2 rings (SSSR count). The van der Waals surface area contributed by atoms with E-state index in [2.05, 4.69) is 0 Å². The van der Waals surface area contributed by atoms with Gasteiger partial charge in [0.1, 0.15) is 7.05 Å². The number of benzene rings is 1. The van der Waals surface area contributed by atoms with Gasteiger partial charge >= 0.3 is 0 Å². The van der Waals surface area contributed by atoms with Gasteiger partial charge in [0.05, 0.1) is 0 Å². The molecule has 2 heteroatoms. The van der Waals surface area contributed by atoms with Gasteiger partial charge in [0.15, 0.2) is 12.3 Å². The molecular formula is C13H14NO+. The summed E-state index contributed by atoms with van der Waals surface area (Å²) in [6.07, 6.45) is 1.37. The molecule has 1 atom stereocenters. The molecule has 0 saturated carbocycles. The van der Waals surface area contributed by atoms with Crippen LogP contribution in [0.4, 0.5) is 0 Å². The third-order valence-electron chi connectivity index (χ3n) is 2.49. The first-order valence-corrected chi connectivity index (χ1v) is 4.96. The molecule has 0 aliphatic carbocycles. The molecule has 76 valence electrons. The molecule has 1 heterocycles. The number of hydrogen-bond acceptors (Lipinski definition) is 1. The molecule has 2 aromatic rings. The summed E-state index contributed by atoms with van der Waals surface area (Å²) in [4.78, 5) is 0. The van der Waals surface area contributed by atoms with Gasteiger partial charge in [0, 0.05) is 12.1 Å². The maximum Gasteiger partial charge on any atom is 0.214 e. The molecule has 0 bridgehead atoms. The Balaban J connectivity index is 2.37. The van der Waals surface area contributed by atoms with Gasteiger partial charge in [-0.15, -0.1) is 0 Å². The van der Waals surface area contributed by atoms with Crippen molar-refractivity contribution < 1.29 is 9.67 Å². The molecule has 0 unspecified atom stereocenters. The van der Waals surface area contributed by atoms with Crippen LogP contribution in [0.3, 0.4) is 0 Å². The molecule has 0 fully saturated rings. The van der Waals surface area contributed by atoms with Gasteiger partial charge in [-0.2, -0.15) is 0 Å². The second-order valence-electron chi connectivity index (χ2n) is 3.55. The van der Waals surface area contributed by atoms with Crippen LogP contribution >= 0.6 is 0 Å². The van der Waals surface area contributed by atoms with Crippen molar-refractivity contribution in [2.24, 2.45) is 7.05 Å². The lowest BCUT2D eigenvalue weighted by Gasteiger charge is -2.08. The van der Waals surface area contributed by atoms with Crippen molar-refractivity contribution >= 4 is 0 Å². The largest absolute Gasteiger partial charge is 0.377 e. The number of aryl methyl sites for hydroxylation is 1. The summed E-state index contributed by atoms with van der Waals surface area (Å²) in [5.74, 6) is 0. The number of rotatable bonds is 2. The first kappa shape index (κ1) is 9.87. The van der Waals surface area contributed by atoms with E-state index in [0.717, 1.165) is 11.3 Å². The standard InChI is InChI=1S/C13H14NO/c1-14-10-6-5-9-12(14)13(15)11-7-3-2-4-8-11/h2-10,13,15H,1H3/q+1/t13-/m0/s1. The fourth-order valence-corrected chi connectivity index (χ4v) is 1.63. The summed E-state index contributed by atoms with van der Waals surface area (Å²) < 4.78 is 1.93. The van der Waals surface area contributed by atoms with Crippen LogP contribution in [0.15, 0.2) is 54.7 Å². The number of aliphatic hydroxyl groups is 1. The zero-order valence-electron chi connectivity index (χ0n) is 8.67. The summed E-state index contributed by atoms with van der Waals surface area (Å²) in [7, 11) is 1.93. The van der Waals surface area contributed by atoms with Crippen LogP contribution in [-0.4, -0.2) is 5.11 Å². The van der Waals surface area contributed by atoms with E-state index >= 15 is 0 Å². The van der Waals surface area contributed by atoms with Crippen LogP contribution in [0, 0.1) is 0 Å². The molecule has 1 aromatic heterocycles. The molecule has 0 aliphatic rings. The minimum absolute atomic E-state index is 0.558. The van der Waals surface area contributed by atoms with Gasteiger partial charge in [-0.05, 0) is 11.6 Å². The maximum absolute atomic E-state index is 10.2. The van der Waals surface area contributed by atoms with Gasteiger partial charge < -0.3 is 5.11 Å². The summed E-state index contributed by atoms with van der Waals surface area (Å²) in [6, 6.07) is 15.5. The van der Waals surface area contributed by atoms with Crippen LogP contribution in [0.1, 0.15) is 17.4 Å². The van der Waals surface area contributed by atoms with E-state index in [0.29, 0.717) is 0 Å². The van der Waals surface area contributed by atoms with Crippen molar-refractivity contribution in [3.8, 4) is 0 Å². The van der Waals surface area contributed by atoms with E-state index in [-0.39, 0.29) is 0 Å². The van der Waals surface area contributed by atoms with Crippen LogP contribution in [0.25, 0.3) is 0 Å². The lowest BCUT2D eigenvalue weighted by Crippen LogP contribution is -2.34. The molecule has 0 spiro atoms. The van der Waals surface area contributed by atoms with Crippen LogP contribution < -0.4 is 4.57 Å². The molecule has 15 heavy (non-hydrogen) atoms. The number of hydrogen-bond donors (Lipinski definition) is 1. The summed E-state index contributed by atoms with van der Waals surface area (Å²) in [5, 5.41) is 10.2. The van der Waals surface area contributed by atoms with E-state index in [9.17, 15) is 5.11 Å². The number of aliphatic hydroxyl groups excluding tert-OH is 1. The molecule has 0 saturated heterocycles. The second-order valence-corrected chi connectivity index (χ2v) is 3.55. The highest BCUT2D eigenvalue weighted by atomic mass is 16.3. The fourth-order valence-electron chi connectivity index (χ4n) is 1.63. The van der Waals surface area contributed by atoms with Gasteiger partial charge in [0.25, 0.3) is 0 Å². The zero-order valence-corrected chi connectivity index (χ0v) is 8.67. The van der Waals surface area contributed by atoms with Crippen LogP contribution in [-0.2, 0) is 7.05 Å². The molecule has 0 amide bonds. The van der Waals surface area contributed by atoms with Crippen molar-refractivity contribution in [3.05, 3.63) is 66.0 Å². The summed E-state index contributed by atoms with van der Waals surface area (Å²) in [6.45, 7) is 0. The van der Waals surface area contributed by atoms with E-state index < -0.39 is 6.10 Å². The quantitative estimate of drug-likeness (QED) is 0.731. The Morgan fingerprint density at radius 1 is 1.00 bits per heavy atom. The van der Waals surface area contributed by atoms with Crippen molar-refractivity contribution in [3.63, 3.8) is 0 Å². The van der Waals surface area contributed by atoms with Gasteiger partial charge in [-0.25, -0.2) is 4.57 Å². The van der Waals surface area contributed by atoms with Crippen molar-refractivity contribution in [1.82, 2.24) is 0 Å². The van der Waals surface area contributed by atoms with Gasteiger partial charge in [0.2, 0.25) is 5.69 Å². The van der Waals surface area contributed by atoms with E-state index in [1.54, 1.807) is 0 Å².